The van der Waals surface area contributed by atoms with Gasteiger partial charge in [-0.25, -0.2) is 4.68 Å². The first-order valence-electron chi connectivity index (χ1n) is 5.86. The molecule has 0 saturated heterocycles. The third-order valence-electron chi connectivity index (χ3n) is 3.42. The number of carbonyl (C=O) groups is 1. The minimum absolute atomic E-state index is 0.170. The first kappa shape index (κ1) is 11.8. The number of nitrogens with zero attached hydrogens (tertiary/aromatic N) is 5. The van der Waals surface area contributed by atoms with Crippen molar-refractivity contribution in [2.24, 2.45) is 13.0 Å². The summed E-state index contributed by atoms with van der Waals surface area (Å²) in [6.45, 7) is 0. The summed E-state index contributed by atoms with van der Waals surface area (Å²) in [7, 11) is 1.79. The Labute approximate surface area is 108 Å². The molecule has 1 fully saturated rings. The Morgan fingerprint density at radius 3 is 2.84 bits per heavy atom. The number of hydrogen-bond donors (Lipinski definition) is 2. The van der Waals surface area contributed by atoms with Crippen molar-refractivity contribution < 1.29 is 15.0 Å². The highest BCUT2D eigenvalue weighted by atomic mass is 16.4. The lowest BCUT2D eigenvalue weighted by Crippen LogP contribution is -2.44. The van der Waals surface area contributed by atoms with E-state index in [4.69, 9.17) is 5.11 Å². The number of carboxylic acids is 1. The standard InChI is InChI=1S/C11H13N5O3/c1-15-3-2-9(13-15)16-6-8(12-14-16)11(19)4-7(5-11)10(17)18/h2-3,6-7,19H,4-5H2,1H3,(H,17,18). The Bertz CT molecular complexity index is 626. The predicted octanol–water partition coefficient (Wildman–Crippen LogP) is -0.317. The van der Waals surface area contributed by atoms with Gasteiger partial charge in [0.2, 0.25) is 0 Å². The van der Waals surface area contributed by atoms with Crippen molar-refractivity contribution in [1.29, 1.82) is 0 Å². The van der Waals surface area contributed by atoms with E-state index in [0.29, 0.717) is 11.5 Å². The SMILES string of the molecule is Cn1ccc(-n2cc(C3(O)CC(C(=O)O)C3)nn2)n1. The minimum atomic E-state index is -1.18. The van der Waals surface area contributed by atoms with Crippen LogP contribution >= 0.6 is 0 Å². The Hall–Kier alpha value is -2.22. The largest absolute Gasteiger partial charge is 0.481 e. The van der Waals surface area contributed by atoms with Gasteiger partial charge in [0.25, 0.3) is 0 Å². The van der Waals surface area contributed by atoms with E-state index in [1.54, 1.807) is 30.2 Å². The van der Waals surface area contributed by atoms with Gasteiger partial charge in [0.1, 0.15) is 11.3 Å². The fourth-order valence-electron chi connectivity index (χ4n) is 2.25. The lowest BCUT2D eigenvalue weighted by molar-refractivity contribution is -0.160. The van der Waals surface area contributed by atoms with Crippen LogP contribution in [0.3, 0.4) is 0 Å². The van der Waals surface area contributed by atoms with Gasteiger partial charge in [-0.05, 0) is 12.8 Å². The molecule has 3 rings (SSSR count). The number of hydrogen-bond acceptors (Lipinski definition) is 5. The summed E-state index contributed by atoms with van der Waals surface area (Å²) in [5.74, 6) is -0.800. The zero-order valence-corrected chi connectivity index (χ0v) is 10.3. The first-order valence-corrected chi connectivity index (χ1v) is 5.86. The average molecular weight is 263 g/mol. The van der Waals surface area contributed by atoms with Gasteiger partial charge >= 0.3 is 5.97 Å². The average Bonchev–Trinajstić information content (AvgIpc) is 2.92. The van der Waals surface area contributed by atoms with Crippen LogP contribution in [0.1, 0.15) is 18.5 Å². The third kappa shape index (κ3) is 1.89. The van der Waals surface area contributed by atoms with Crippen LogP contribution in [0.25, 0.3) is 5.82 Å². The van der Waals surface area contributed by atoms with Gasteiger partial charge in [-0.15, -0.1) is 5.10 Å². The molecule has 2 aromatic rings. The first-order chi connectivity index (χ1) is 8.98. The number of aryl methyl sites for hydroxylation is 1. The number of carboxylic acid groups (broad SMARTS) is 1. The van der Waals surface area contributed by atoms with E-state index in [-0.39, 0.29) is 12.8 Å². The normalized spacial score (nSPS) is 26.1. The number of rotatable bonds is 3. The molecule has 1 aliphatic carbocycles. The number of aliphatic carboxylic acids is 1. The summed E-state index contributed by atoms with van der Waals surface area (Å²) in [6.07, 6.45) is 3.70. The molecule has 0 bridgehead atoms. The van der Waals surface area contributed by atoms with Gasteiger partial charge in [0, 0.05) is 19.3 Å². The summed E-state index contributed by atoms with van der Waals surface area (Å²) in [5, 5.41) is 31.1. The van der Waals surface area contributed by atoms with E-state index >= 15 is 0 Å². The van der Waals surface area contributed by atoms with Crippen molar-refractivity contribution in [2.75, 3.05) is 0 Å². The molecule has 1 saturated carbocycles. The van der Waals surface area contributed by atoms with Crippen molar-refractivity contribution in [2.45, 2.75) is 18.4 Å². The predicted molar refractivity (Wildman–Crippen MR) is 62.4 cm³/mol. The highest BCUT2D eigenvalue weighted by Gasteiger charge is 2.49. The second-order valence-corrected chi connectivity index (χ2v) is 4.87. The zero-order valence-electron chi connectivity index (χ0n) is 10.3. The quantitative estimate of drug-likeness (QED) is 0.786. The zero-order chi connectivity index (χ0) is 13.6. The molecule has 2 heterocycles. The molecule has 0 spiro atoms. The van der Waals surface area contributed by atoms with Gasteiger partial charge in [-0.2, -0.15) is 5.10 Å². The highest BCUT2D eigenvalue weighted by Crippen LogP contribution is 2.44. The van der Waals surface area contributed by atoms with E-state index in [1.807, 2.05) is 0 Å². The molecule has 8 nitrogen and oxygen atoms in total. The van der Waals surface area contributed by atoms with Crippen LogP contribution in [0.15, 0.2) is 18.5 Å². The molecule has 0 unspecified atom stereocenters. The molecule has 8 heteroatoms. The Balaban J connectivity index is 1.81. The summed E-state index contributed by atoms with van der Waals surface area (Å²) >= 11 is 0. The van der Waals surface area contributed by atoms with E-state index < -0.39 is 17.5 Å². The van der Waals surface area contributed by atoms with Crippen molar-refractivity contribution in [3.05, 3.63) is 24.2 Å². The van der Waals surface area contributed by atoms with Crippen molar-refractivity contribution in [3.63, 3.8) is 0 Å². The Kier molecular flexibility index (Phi) is 2.42. The van der Waals surface area contributed by atoms with Gasteiger partial charge in [-0.1, -0.05) is 5.21 Å². The lowest BCUT2D eigenvalue weighted by Gasteiger charge is -2.39. The second kappa shape index (κ2) is 3.89. The van der Waals surface area contributed by atoms with Crippen LogP contribution in [0.2, 0.25) is 0 Å². The topological polar surface area (TPSA) is 106 Å². The molecule has 100 valence electrons. The van der Waals surface area contributed by atoms with Crippen LogP contribution < -0.4 is 0 Å². The number of aromatic nitrogens is 5. The van der Waals surface area contributed by atoms with Crippen LogP contribution in [-0.2, 0) is 17.4 Å². The molecule has 0 aromatic carbocycles. The molecule has 0 atom stereocenters. The summed E-state index contributed by atoms with van der Waals surface area (Å²) < 4.78 is 3.09. The summed E-state index contributed by atoms with van der Waals surface area (Å²) in [6, 6.07) is 1.77. The van der Waals surface area contributed by atoms with E-state index in [2.05, 4.69) is 15.4 Å². The van der Waals surface area contributed by atoms with Crippen molar-refractivity contribution >= 4 is 5.97 Å². The van der Waals surface area contributed by atoms with Crippen molar-refractivity contribution in [1.82, 2.24) is 24.8 Å². The third-order valence-corrected chi connectivity index (χ3v) is 3.42. The maximum absolute atomic E-state index is 10.8. The minimum Gasteiger partial charge on any atom is -0.481 e. The molecule has 2 N–H and O–H groups in total. The van der Waals surface area contributed by atoms with Gasteiger partial charge < -0.3 is 10.2 Å². The van der Waals surface area contributed by atoms with Crippen LogP contribution in [0.5, 0.6) is 0 Å². The monoisotopic (exact) mass is 263 g/mol. The number of aliphatic hydroxyl groups is 1. The highest BCUT2D eigenvalue weighted by molar-refractivity contribution is 5.71. The molecule has 0 amide bonds. The molecule has 19 heavy (non-hydrogen) atoms. The smallest absolute Gasteiger partial charge is 0.306 e. The van der Waals surface area contributed by atoms with E-state index in [0.717, 1.165) is 0 Å². The van der Waals surface area contributed by atoms with Gasteiger partial charge in [0.15, 0.2) is 5.82 Å². The van der Waals surface area contributed by atoms with E-state index in [9.17, 15) is 9.90 Å². The molecule has 0 aliphatic heterocycles. The van der Waals surface area contributed by atoms with Crippen LogP contribution in [0, 0.1) is 5.92 Å². The van der Waals surface area contributed by atoms with E-state index in [1.165, 1.54) is 4.68 Å². The fourth-order valence-corrected chi connectivity index (χ4v) is 2.25. The molecule has 0 radical (unpaired) electrons. The molecular formula is C11H13N5O3. The Morgan fingerprint density at radius 1 is 1.53 bits per heavy atom. The van der Waals surface area contributed by atoms with Crippen molar-refractivity contribution in [3.8, 4) is 5.82 Å². The maximum Gasteiger partial charge on any atom is 0.306 e. The Morgan fingerprint density at radius 2 is 2.26 bits per heavy atom. The molecular weight excluding hydrogens is 250 g/mol. The van der Waals surface area contributed by atoms with Crippen LogP contribution in [-0.4, -0.2) is 41.0 Å². The summed E-state index contributed by atoms with van der Waals surface area (Å²) in [5.41, 5.74) is -0.800. The second-order valence-electron chi connectivity index (χ2n) is 4.87. The molecule has 1 aliphatic rings. The fraction of sp³-hybridized carbons (Fsp3) is 0.455. The van der Waals surface area contributed by atoms with Crippen LogP contribution in [0.4, 0.5) is 0 Å². The summed E-state index contributed by atoms with van der Waals surface area (Å²) in [4.78, 5) is 10.8. The lowest BCUT2D eigenvalue weighted by atomic mass is 9.69. The van der Waals surface area contributed by atoms with Gasteiger partial charge in [0.05, 0.1) is 12.1 Å². The molecule has 2 aromatic heterocycles. The maximum atomic E-state index is 10.8. The van der Waals surface area contributed by atoms with Gasteiger partial charge in [-0.3, -0.25) is 9.48 Å².